The van der Waals surface area contributed by atoms with Crippen LogP contribution in [0.5, 0.6) is 0 Å². The molecule has 0 bridgehead atoms. The highest BCUT2D eigenvalue weighted by Crippen LogP contribution is 2.32. The number of hydrogen-bond acceptors (Lipinski definition) is 16. The predicted octanol–water partition coefficient (Wildman–Crippen LogP) is 2.35. The lowest BCUT2D eigenvalue weighted by Gasteiger charge is -2.16. The molecule has 370 valence electrons. The number of rotatable bonds is 11. The van der Waals surface area contributed by atoms with Gasteiger partial charge in [-0.2, -0.15) is 9.97 Å². The number of hydrogen-bond donors (Lipinski definition) is 9. The Morgan fingerprint density at radius 1 is 0.761 bits per heavy atom. The molecule has 67 heavy (non-hydrogen) atoms. The molecule has 5 aromatic heterocycles. The Morgan fingerprint density at radius 3 is 1.42 bits per heavy atom. The van der Waals surface area contributed by atoms with E-state index in [1.54, 1.807) is 27.7 Å². The zero-order valence-electron chi connectivity index (χ0n) is 38.6. The number of nitrogens with one attached hydrogen (secondary N) is 5. The molecule has 25 nitrogen and oxygen atoms in total. The average molecular weight is 982 g/mol. The van der Waals surface area contributed by atoms with Gasteiger partial charge >= 0.3 is 17.4 Å². The molecule has 2 aliphatic rings. The van der Waals surface area contributed by atoms with E-state index in [-0.39, 0.29) is 77.0 Å². The first kappa shape index (κ1) is 57.8. The van der Waals surface area contributed by atoms with Crippen LogP contribution in [-0.2, 0) is 28.2 Å². The van der Waals surface area contributed by atoms with Gasteiger partial charge in [0, 0.05) is 36.8 Å². The molecular weight excluding hydrogens is 918 g/mol. The summed E-state index contributed by atoms with van der Waals surface area (Å²) in [5.41, 5.74) is -0.325. The van der Waals surface area contributed by atoms with Gasteiger partial charge in [-0.15, -0.1) is 0 Å². The van der Waals surface area contributed by atoms with Crippen LogP contribution < -0.4 is 26.7 Å². The number of aliphatic hydroxyl groups is 3. The summed E-state index contributed by atoms with van der Waals surface area (Å²) in [5.74, 6) is -1.03. The van der Waals surface area contributed by atoms with Crippen LogP contribution in [0, 0.1) is 11.8 Å². The Kier molecular flexibility index (Phi) is 26.0. The van der Waals surface area contributed by atoms with Gasteiger partial charge in [0.2, 0.25) is 23.7 Å². The third kappa shape index (κ3) is 17.7. The molecule has 0 spiro atoms. The molecule has 0 radical (unpaired) electrons. The van der Waals surface area contributed by atoms with Gasteiger partial charge in [-0.05, 0) is 26.1 Å². The number of pyridine rings is 1. The smallest absolute Gasteiger partial charge is 0.324 e. The number of H-pyrrole nitrogens is 3. The topological polar surface area (TPSA) is 356 Å². The average Bonchev–Trinajstić information content (AvgIpc) is 4.11. The largest absolute Gasteiger partial charge is 0.394 e. The van der Waals surface area contributed by atoms with Crippen LogP contribution in [0.15, 0.2) is 52.8 Å². The van der Waals surface area contributed by atoms with E-state index in [4.69, 9.17) is 28.4 Å². The van der Waals surface area contributed by atoms with E-state index in [1.807, 2.05) is 37.5 Å². The Labute approximate surface area is 389 Å². The second-order valence-corrected chi connectivity index (χ2v) is 15.4. The number of amides is 2. The maximum Gasteiger partial charge on any atom is 0.324 e. The van der Waals surface area contributed by atoms with E-state index in [9.17, 15) is 34.5 Å². The number of ether oxygens (including phenoxy) is 2. The van der Waals surface area contributed by atoms with Crippen LogP contribution >= 0.6 is 17.4 Å². The number of anilines is 2. The highest BCUT2D eigenvalue weighted by atomic mass is 31.1. The number of nitrogens with zero attached hydrogens (tertiary/aromatic N) is 7. The van der Waals surface area contributed by atoms with E-state index in [2.05, 4.69) is 71.2 Å². The first-order chi connectivity index (χ1) is 32.0. The summed E-state index contributed by atoms with van der Waals surface area (Å²) >= 11 is 0. The maximum absolute atomic E-state index is 12.2. The highest BCUT2D eigenvalue weighted by Gasteiger charge is 2.37. The maximum atomic E-state index is 12.2. The van der Waals surface area contributed by atoms with Gasteiger partial charge in [0.05, 0.1) is 31.5 Å². The predicted molar refractivity (Wildman–Crippen MR) is 246 cm³/mol. The normalized spacial score (nSPS) is 19.6. The zero-order chi connectivity index (χ0) is 50.2. The molecule has 0 unspecified atom stereocenters. The number of carbonyl (C=O) groups is 2. The number of aliphatic hydroxyl groups excluding tert-OH is 3. The summed E-state index contributed by atoms with van der Waals surface area (Å²) in [6.45, 7) is 18.8. The fourth-order valence-corrected chi connectivity index (χ4v) is 6.22. The summed E-state index contributed by atoms with van der Waals surface area (Å²) in [4.78, 5) is 88.6. The first-order valence-corrected chi connectivity index (χ1v) is 22.9. The van der Waals surface area contributed by atoms with Gasteiger partial charge in [-0.25, -0.2) is 24.1 Å². The minimum atomic E-state index is -0.866. The van der Waals surface area contributed by atoms with Crippen LogP contribution in [0.4, 0.5) is 11.9 Å². The monoisotopic (exact) mass is 981 g/mol. The Morgan fingerprint density at radius 2 is 1.15 bits per heavy atom. The molecule has 7 heterocycles. The van der Waals surface area contributed by atoms with Crippen molar-refractivity contribution in [3.63, 3.8) is 0 Å². The van der Waals surface area contributed by atoms with Gasteiger partial charge in [0.1, 0.15) is 12.2 Å². The summed E-state index contributed by atoms with van der Waals surface area (Å²) in [6, 6.07) is 5.86. The van der Waals surface area contributed by atoms with E-state index in [1.165, 1.54) is 41.4 Å². The van der Waals surface area contributed by atoms with Crippen molar-refractivity contribution in [2.24, 2.45) is 11.8 Å². The van der Waals surface area contributed by atoms with Gasteiger partial charge in [0.25, 0.3) is 11.1 Å². The highest BCUT2D eigenvalue weighted by molar-refractivity contribution is 7.16. The number of imidazole rings is 2. The number of carbonyl (C=O) groups excluding carboxylic acids is 2. The fourth-order valence-electron chi connectivity index (χ4n) is 6.22. The zero-order valence-corrected chi connectivity index (χ0v) is 40.4. The van der Waals surface area contributed by atoms with Crippen molar-refractivity contribution in [2.45, 2.75) is 112 Å². The van der Waals surface area contributed by atoms with Crippen LogP contribution in [-0.4, -0.2) is 132 Å². The summed E-state index contributed by atoms with van der Waals surface area (Å²) in [6.07, 6.45) is 4.50. The van der Waals surface area contributed by atoms with E-state index >= 15 is 0 Å². The molecular formula is C40H63N12O13P2+. The lowest BCUT2D eigenvalue weighted by atomic mass is 10.1. The molecule has 5 aromatic rings. The number of fused-ring (bicyclic) bond motifs is 2. The lowest BCUT2D eigenvalue weighted by Crippen LogP contribution is -2.23. The fraction of sp³-hybridized carbons (Fsp3) is 0.575. The molecule has 2 saturated heterocycles. The van der Waals surface area contributed by atoms with E-state index < -0.39 is 59.3 Å². The number of aromatic nitrogens is 9. The minimum absolute atomic E-state index is 0.000792. The SMILES string of the molecule is CC(C)C(=O)Nc1nc2c(ncn2[C@@H]2O[C@H](CO)C[C@@H]2O)c(=O)[nH]1.CCN(CC)CC.CC[C@@H]1C[C@H](O)[C@H](n2cnc3c(=O)[nH]c(NC(=O)C(C)C)nc32)O1.O=PO.O=PO.c1cc[nH+]cc1. The van der Waals surface area contributed by atoms with Gasteiger partial charge in [0.15, 0.2) is 47.2 Å². The van der Waals surface area contributed by atoms with Crippen LogP contribution in [0.25, 0.3) is 22.3 Å². The molecule has 2 fully saturated rings. The summed E-state index contributed by atoms with van der Waals surface area (Å²) in [5, 5.41) is 34.6. The lowest BCUT2D eigenvalue weighted by molar-refractivity contribution is -0.378. The Bertz CT molecular complexity index is 2200. The van der Waals surface area contributed by atoms with Crippen molar-refractivity contribution >= 4 is 63.4 Å². The van der Waals surface area contributed by atoms with Crippen LogP contribution in [0.1, 0.15) is 87.1 Å². The molecule has 0 aromatic carbocycles. The Balaban J connectivity index is 0.000000333. The van der Waals surface area contributed by atoms with Crippen molar-refractivity contribution < 1.29 is 58.3 Å². The third-order valence-electron chi connectivity index (χ3n) is 9.88. The number of aromatic amines is 3. The van der Waals surface area contributed by atoms with Crippen molar-refractivity contribution in [2.75, 3.05) is 36.9 Å². The standard InChI is InChI=1S/C15H21N5O4.C14H19N5O5.C6H15N.C5H5N.2HO2P/c1-4-8-5-9(21)14(24-8)20-6-16-10-11(20)17-15(19-13(10)23)18-12(22)7(2)3;1-6(2)11(22)17-14-16-10-9(12(23)18-14)15-5-19(10)13-8(21)3-7(4-20)24-13;1-4-7(5-2)6-3;1-2-4-6-5-3-1;2*1-3-2/h6-9,14,21H,4-5H2,1-3H3,(H2,17,18,19,22,23);5-8,13,20-21H,3-4H2,1-2H3,(H2,16,17,18,22,23);4-6H2,1-3H3;1-5H;2*(H,1,2)/p+1/t8-,9+,14-;7-,8-,13+;;;;/m10..../s1. The van der Waals surface area contributed by atoms with E-state index in [0.29, 0.717) is 6.42 Å². The minimum Gasteiger partial charge on any atom is -0.394 e. The van der Waals surface area contributed by atoms with Crippen LogP contribution in [0.3, 0.4) is 0 Å². The second-order valence-electron chi connectivity index (χ2n) is 15.1. The summed E-state index contributed by atoms with van der Waals surface area (Å²) in [7, 11) is -1.67. The van der Waals surface area contributed by atoms with Crippen molar-refractivity contribution in [1.82, 2.24) is 43.9 Å². The third-order valence-corrected chi connectivity index (χ3v) is 9.88. The van der Waals surface area contributed by atoms with Gasteiger partial charge in [-0.3, -0.25) is 48.9 Å². The second kappa shape index (κ2) is 30.1. The quantitative estimate of drug-likeness (QED) is 0.0858. The first-order valence-electron chi connectivity index (χ1n) is 21.4. The van der Waals surface area contributed by atoms with Crippen molar-refractivity contribution in [1.29, 1.82) is 0 Å². The summed E-state index contributed by atoms with van der Waals surface area (Å²) < 4.78 is 31.2. The Hall–Kier alpha value is -5.33. The van der Waals surface area contributed by atoms with Gasteiger partial charge < -0.3 is 39.5 Å². The van der Waals surface area contributed by atoms with E-state index in [0.717, 1.165) is 6.42 Å². The molecule has 27 heteroatoms. The molecule has 7 rings (SSSR count). The molecule has 10 N–H and O–H groups in total. The molecule has 0 saturated carbocycles. The van der Waals surface area contributed by atoms with Gasteiger partial charge in [-0.1, -0.05) is 61.5 Å². The molecule has 6 atom stereocenters. The van der Waals surface area contributed by atoms with Crippen molar-refractivity contribution in [3.05, 3.63) is 64.0 Å². The van der Waals surface area contributed by atoms with Crippen LogP contribution in [0.2, 0.25) is 0 Å². The molecule has 2 amide bonds. The molecule has 0 aliphatic carbocycles. The van der Waals surface area contributed by atoms with Crippen molar-refractivity contribution in [3.8, 4) is 0 Å². The molecule has 2 aliphatic heterocycles.